The number of pyridine rings is 2. The maximum atomic E-state index is 5.74. The number of para-hydroxylation sites is 1. The van der Waals surface area contributed by atoms with Gasteiger partial charge in [0.05, 0.1) is 23.5 Å². The van der Waals surface area contributed by atoms with E-state index in [2.05, 4.69) is 69.1 Å². The fourth-order valence-electron chi connectivity index (χ4n) is 3.67. The smallest absolute Gasteiger partial charge is 0.137 e. The molecule has 0 spiro atoms. The van der Waals surface area contributed by atoms with Crippen LogP contribution >= 0.6 is 0 Å². The van der Waals surface area contributed by atoms with Crippen LogP contribution in [0.5, 0.6) is 5.75 Å². The van der Waals surface area contributed by atoms with Gasteiger partial charge in [-0.15, -0.1) is 0 Å². The molecule has 0 saturated carbocycles. The molecule has 2 aromatic carbocycles. The van der Waals surface area contributed by atoms with Crippen molar-refractivity contribution >= 4 is 16.6 Å². The van der Waals surface area contributed by atoms with Crippen LogP contribution in [0.4, 0.5) is 0 Å². The maximum Gasteiger partial charge on any atom is 0.137 e. The van der Waals surface area contributed by atoms with Crippen molar-refractivity contribution in [3.05, 3.63) is 85.3 Å². The summed E-state index contributed by atoms with van der Waals surface area (Å²) in [5.74, 6) is 0.886. The largest absolute Gasteiger partial charge is 0.491 e. The van der Waals surface area contributed by atoms with Crippen LogP contribution in [-0.2, 0) is 0 Å². The molecule has 3 aromatic heterocycles. The van der Waals surface area contributed by atoms with Crippen molar-refractivity contribution < 1.29 is 4.74 Å². The lowest BCUT2D eigenvalue weighted by Crippen LogP contribution is -2.05. The van der Waals surface area contributed by atoms with E-state index >= 15 is 0 Å². The molecule has 3 heterocycles. The second-order valence-electron chi connectivity index (χ2n) is 7.36. The van der Waals surface area contributed by atoms with Crippen molar-refractivity contribution in [3.8, 4) is 28.1 Å². The van der Waals surface area contributed by atoms with E-state index in [9.17, 15) is 0 Å². The summed E-state index contributed by atoms with van der Waals surface area (Å²) in [6, 6.07) is 22.7. The minimum atomic E-state index is 0.170. The molecule has 142 valence electrons. The molecular weight excluding hydrogens is 358 g/mol. The Morgan fingerprint density at radius 2 is 1.69 bits per heavy atom. The van der Waals surface area contributed by atoms with Gasteiger partial charge in [0.25, 0.3) is 0 Å². The molecule has 5 rings (SSSR count). The zero-order valence-electron chi connectivity index (χ0n) is 16.4. The van der Waals surface area contributed by atoms with Crippen molar-refractivity contribution in [2.24, 2.45) is 0 Å². The van der Waals surface area contributed by atoms with E-state index in [0.29, 0.717) is 0 Å². The van der Waals surface area contributed by atoms with Crippen LogP contribution in [-0.4, -0.2) is 20.5 Å². The topological polar surface area (TPSA) is 39.4 Å². The zero-order chi connectivity index (χ0) is 19.8. The molecule has 0 bridgehead atoms. The molecule has 5 aromatic rings. The number of hydrogen-bond donors (Lipinski definition) is 0. The van der Waals surface area contributed by atoms with Gasteiger partial charge in [-0.3, -0.25) is 9.38 Å². The van der Waals surface area contributed by atoms with Crippen LogP contribution in [0.15, 0.2) is 85.3 Å². The molecule has 0 unspecified atom stereocenters. The normalized spacial score (nSPS) is 11.4. The molecule has 0 fully saturated rings. The SMILES string of the molecule is CC(C)Oc1ccc(-c2ccn3c(-c4cccc5cccnc45)cnc3c2)cc1. The Balaban J connectivity index is 1.55. The predicted octanol–water partition coefficient (Wildman–Crippen LogP) is 6.00. The molecule has 0 aliphatic heterocycles. The number of fused-ring (bicyclic) bond motifs is 2. The second-order valence-corrected chi connectivity index (χ2v) is 7.36. The summed E-state index contributed by atoms with van der Waals surface area (Å²) in [5.41, 5.74) is 6.28. The predicted molar refractivity (Wildman–Crippen MR) is 117 cm³/mol. The highest BCUT2D eigenvalue weighted by Crippen LogP contribution is 2.30. The maximum absolute atomic E-state index is 5.74. The first kappa shape index (κ1) is 17.4. The Labute approximate surface area is 169 Å². The van der Waals surface area contributed by atoms with E-state index < -0.39 is 0 Å². The number of imidazole rings is 1. The van der Waals surface area contributed by atoms with Crippen LogP contribution in [0.3, 0.4) is 0 Å². The highest BCUT2D eigenvalue weighted by Gasteiger charge is 2.11. The number of rotatable bonds is 4. The van der Waals surface area contributed by atoms with E-state index in [0.717, 1.165) is 44.7 Å². The first-order valence-corrected chi connectivity index (χ1v) is 9.77. The Bertz CT molecular complexity index is 1300. The molecule has 0 radical (unpaired) electrons. The minimum Gasteiger partial charge on any atom is -0.491 e. The third-order valence-corrected chi connectivity index (χ3v) is 4.98. The van der Waals surface area contributed by atoms with E-state index in [1.165, 1.54) is 0 Å². The second kappa shape index (κ2) is 7.06. The van der Waals surface area contributed by atoms with Crippen molar-refractivity contribution in [1.82, 2.24) is 14.4 Å². The van der Waals surface area contributed by atoms with Crippen LogP contribution in [0.25, 0.3) is 38.9 Å². The summed E-state index contributed by atoms with van der Waals surface area (Å²) in [6.07, 6.45) is 6.00. The van der Waals surface area contributed by atoms with Crippen LogP contribution in [0, 0.1) is 0 Å². The first-order chi connectivity index (χ1) is 14.2. The van der Waals surface area contributed by atoms with Gasteiger partial charge in [0, 0.05) is 23.3 Å². The minimum absolute atomic E-state index is 0.170. The highest BCUT2D eigenvalue weighted by molar-refractivity contribution is 5.93. The molecule has 4 nitrogen and oxygen atoms in total. The van der Waals surface area contributed by atoms with Gasteiger partial charge in [-0.05, 0) is 55.3 Å². The van der Waals surface area contributed by atoms with Crippen LogP contribution < -0.4 is 4.74 Å². The zero-order valence-corrected chi connectivity index (χ0v) is 16.4. The quantitative estimate of drug-likeness (QED) is 0.384. The van der Waals surface area contributed by atoms with Crippen molar-refractivity contribution in [2.75, 3.05) is 0 Å². The molecule has 0 saturated heterocycles. The standard InChI is InChI=1S/C25H21N3O/c1-17(2)29-21-10-8-18(9-11-21)20-12-14-28-23(16-27-24(28)15-20)22-7-3-5-19-6-4-13-26-25(19)22/h3-17H,1-2H3. The molecule has 0 aliphatic carbocycles. The number of hydrogen-bond acceptors (Lipinski definition) is 3. The van der Waals surface area contributed by atoms with Gasteiger partial charge in [0.15, 0.2) is 0 Å². The van der Waals surface area contributed by atoms with E-state index in [4.69, 9.17) is 4.74 Å². The molecule has 4 heteroatoms. The van der Waals surface area contributed by atoms with Gasteiger partial charge in [-0.25, -0.2) is 4.98 Å². The first-order valence-electron chi connectivity index (χ1n) is 9.77. The Morgan fingerprint density at radius 1 is 0.862 bits per heavy atom. The van der Waals surface area contributed by atoms with Gasteiger partial charge in [-0.2, -0.15) is 0 Å². The average molecular weight is 379 g/mol. The number of aromatic nitrogens is 3. The Hall–Kier alpha value is -3.66. The summed E-state index contributed by atoms with van der Waals surface area (Å²) in [6.45, 7) is 4.06. The molecule has 0 aliphatic rings. The van der Waals surface area contributed by atoms with E-state index in [1.807, 2.05) is 44.4 Å². The summed E-state index contributed by atoms with van der Waals surface area (Å²) >= 11 is 0. The monoisotopic (exact) mass is 379 g/mol. The fraction of sp³-hybridized carbons (Fsp3) is 0.120. The number of benzene rings is 2. The van der Waals surface area contributed by atoms with Crippen molar-refractivity contribution in [1.29, 1.82) is 0 Å². The summed E-state index contributed by atoms with van der Waals surface area (Å²) in [5, 5.41) is 1.13. The summed E-state index contributed by atoms with van der Waals surface area (Å²) in [4.78, 5) is 9.24. The van der Waals surface area contributed by atoms with Gasteiger partial charge < -0.3 is 4.74 Å². The third kappa shape index (κ3) is 3.23. The lowest BCUT2D eigenvalue weighted by Gasteiger charge is -2.10. The van der Waals surface area contributed by atoms with Gasteiger partial charge >= 0.3 is 0 Å². The van der Waals surface area contributed by atoms with Crippen molar-refractivity contribution in [2.45, 2.75) is 20.0 Å². The average Bonchev–Trinajstić information content (AvgIpc) is 3.16. The number of ether oxygens (including phenoxy) is 1. The Kier molecular flexibility index (Phi) is 4.24. The molecule has 0 atom stereocenters. The lowest BCUT2D eigenvalue weighted by molar-refractivity contribution is 0.242. The molecule has 0 amide bonds. The van der Waals surface area contributed by atoms with Crippen LogP contribution in [0.1, 0.15) is 13.8 Å². The van der Waals surface area contributed by atoms with E-state index in [-0.39, 0.29) is 6.10 Å². The van der Waals surface area contributed by atoms with E-state index in [1.54, 1.807) is 0 Å². The molecular formula is C25H21N3O. The fourth-order valence-corrected chi connectivity index (χ4v) is 3.67. The number of nitrogens with zero attached hydrogens (tertiary/aromatic N) is 3. The molecule has 29 heavy (non-hydrogen) atoms. The summed E-state index contributed by atoms with van der Waals surface area (Å²) in [7, 11) is 0. The summed E-state index contributed by atoms with van der Waals surface area (Å²) < 4.78 is 7.85. The van der Waals surface area contributed by atoms with Crippen LogP contribution in [0.2, 0.25) is 0 Å². The van der Waals surface area contributed by atoms with Gasteiger partial charge in [0.2, 0.25) is 0 Å². The van der Waals surface area contributed by atoms with Gasteiger partial charge in [0.1, 0.15) is 11.4 Å². The van der Waals surface area contributed by atoms with Crippen molar-refractivity contribution in [3.63, 3.8) is 0 Å². The third-order valence-electron chi connectivity index (χ3n) is 4.98. The highest BCUT2D eigenvalue weighted by atomic mass is 16.5. The Morgan fingerprint density at radius 3 is 2.52 bits per heavy atom. The van der Waals surface area contributed by atoms with Gasteiger partial charge in [-0.1, -0.05) is 36.4 Å². The lowest BCUT2D eigenvalue weighted by atomic mass is 10.1. The molecule has 0 N–H and O–H groups in total.